The van der Waals surface area contributed by atoms with Gasteiger partial charge in [0.25, 0.3) is 0 Å². The molecule has 2 aromatic carbocycles. The average Bonchev–Trinajstić information content (AvgIpc) is 2.63. The van der Waals surface area contributed by atoms with Crippen molar-refractivity contribution in [3.8, 4) is 23.7 Å². The van der Waals surface area contributed by atoms with E-state index in [1.54, 1.807) is 12.1 Å². The van der Waals surface area contributed by atoms with E-state index in [4.69, 9.17) is 5.11 Å². The summed E-state index contributed by atoms with van der Waals surface area (Å²) in [5, 5.41) is 8.70. The molecule has 0 aliphatic carbocycles. The Morgan fingerprint density at radius 2 is 1.22 bits per heavy atom. The molecule has 2 aromatic rings. The Kier molecular flexibility index (Phi) is 6.21. The predicted octanol–water partition coefficient (Wildman–Crippen LogP) is 2.55. The predicted molar refractivity (Wildman–Crippen MR) is 85.6 cm³/mol. The van der Waals surface area contributed by atoms with E-state index in [1.807, 2.05) is 0 Å². The number of aliphatic hydroxyl groups is 1. The van der Waals surface area contributed by atoms with E-state index in [9.17, 15) is 30.4 Å². The largest absolute Gasteiger partial charge is 0.384 e. The van der Waals surface area contributed by atoms with E-state index < -0.39 is 56.2 Å². The molecule has 3 nitrogen and oxygen atoms in total. The number of sulfone groups is 1. The first-order chi connectivity index (χ1) is 12.7. The molecule has 0 spiro atoms. The van der Waals surface area contributed by atoms with Crippen molar-refractivity contribution in [3.05, 3.63) is 64.5 Å². The third-order valence-corrected chi connectivity index (χ3v) is 4.70. The van der Waals surface area contributed by atoms with Gasteiger partial charge in [0.05, 0.1) is 0 Å². The van der Waals surface area contributed by atoms with Gasteiger partial charge in [0.15, 0.2) is 33.1 Å². The highest BCUT2D eigenvalue weighted by molar-refractivity contribution is 7.91. The molecule has 0 amide bonds. The van der Waals surface area contributed by atoms with Gasteiger partial charge in [0, 0.05) is 11.1 Å². The fourth-order valence-electron chi connectivity index (χ4n) is 1.99. The molecule has 0 radical (unpaired) electrons. The molecule has 1 N–H and O–H groups in total. The van der Waals surface area contributed by atoms with Crippen molar-refractivity contribution in [1.29, 1.82) is 0 Å². The summed E-state index contributed by atoms with van der Waals surface area (Å²) in [5.41, 5.74) is 0.610. The lowest BCUT2D eigenvalue weighted by atomic mass is 10.1. The summed E-state index contributed by atoms with van der Waals surface area (Å²) in [5.74, 6) is -3.76. The maximum absolute atomic E-state index is 13.7. The minimum atomic E-state index is -4.93. The van der Waals surface area contributed by atoms with Crippen molar-refractivity contribution in [2.75, 3.05) is 12.4 Å². The Morgan fingerprint density at radius 1 is 0.778 bits per heavy atom. The quantitative estimate of drug-likeness (QED) is 0.277. The number of benzene rings is 2. The minimum absolute atomic E-state index is 0.256. The fraction of sp³-hybridized carbons (Fsp3) is 0.111. The first kappa shape index (κ1) is 20.4. The number of aliphatic hydroxyl groups excluding tert-OH is 1. The van der Waals surface area contributed by atoms with Crippen LogP contribution in [0.1, 0.15) is 11.1 Å². The second-order valence-electron chi connectivity index (χ2n) is 4.97. The van der Waals surface area contributed by atoms with Gasteiger partial charge in [-0.3, -0.25) is 0 Å². The van der Waals surface area contributed by atoms with E-state index in [2.05, 4.69) is 23.7 Å². The Labute approximate surface area is 151 Å². The highest BCUT2D eigenvalue weighted by atomic mass is 32.2. The van der Waals surface area contributed by atoms with Crippen molar-refractivity contribution in [2.24, 2.45) is 0 Å². The Hall–Kier alpha value is -2.88. The zero-order chi connectivity index (χ0) is 20.2. The summed E-state index contributed by atoms with van der Waals surface area (Å²) >= 11 is 0. The second kappa shape index (κ2) is 8.21. The van der Waals surface area contributed by atoms with Crippen LogP contribution in [0.15, 0.2) is 29.2 Å². The molecular weight excluding hydrogens is 391 g/mol. The van der Waals surface area contributed by atoms with Crippen LogP contribution in [0.5, 0.6) is 0 Å². The molecule has 0 aliphatic rings. The molecule has 0 bridgehead atoms. The second-order valence-corrected chi connectivity index (χ2v) is 6.89. The Morgan fingerprint density at radius 3 is 1.70 bits per heavy atom. The third kappa shape index (κ3) is 4.27. The zero-order valence-electron chi connectivity index (χ0n) is 13.3. The number of rotatable bonds is 2. The molecule has 27 heavy (non-hydrogen) atoms. The summed E-state index contributed by atoms with van der Waals surface area (Å²) in [6, 6.07) is 6.18. The summed E-state index contributed by atoms with van der Waals surface area (Å²) in [7, 11) is -4.93. The number of hydrogen-bond acceptors (Lipinski definition) is 3. The highest BCUT2D eigenvalue weighted by Gasteiger charge is 2.32. The van der Waals surface area contributed by atoms with Crippen LogP contribution in [0.25, 0.3) is 0 Å². The van der Waals surface area contributed by atoms with Crippen LogP contribution in [0.2, 0.25) is 0 Å². The first-order valence-corrected chi connectivity index (χ1v) is 8.77. The maximum Gasteiger partial charge on any atom is 0.200 e. The lowest BCUT2D eigenvalue weighted by Gasteiger charge is -2.07. The SMILES string of the molecule is O=S(=O)(CC#Cc1ccccc1C#CCO)c1c(F)c(F)c(F)c(F)c1F. The molecule has 0 aromatic heterocycles. The van der Waals surface area contributed by atoms with Gasteiger partial charge in [-0.2, -0.15) is 0 Å². The third-order valence-electron chi connectivity index (χ3n) is 3.19. The van der Waals surface area contributed by atoms with Gasteiger partial charge in [-0.15, -0.1) is 0 Å². The molecule has 0 atom stereocenters. The van der Waals surface area contributed by atoms with Crippen LogP contribution in [0, 0.1) is 52.8 Å². The van der Waals surface area contributed by atoms with E-state index in [0.29, 0.717) is 5.56 Å². The van der Waals surface area contributed by atoms with Gasteiger partial charge in [0.1, 0.15) is 17.3 Å². The van der Waals surface area contributed by atoms with Gasteiger partial charge in [-0.05, 0) is 12.1 Å². The topological polar surface area (TPSA) is 54.4 Å². The van der Waals surface area contributed by atoms with Crippen LogP contribution in [0.3, 0.4) is 0 Å². The van der Waals surface area contributed by atoms with Crippen molar-refractivity contribution in [2.45, 2.75) is 4.90 Å². The smallest absolute Gasteiger partial charge is 0.200 e. The summed E-state index contributed by atoms with van der Waals surface area (Å²) in [6.45, 7) is -0.420. The standard InChI is InChI=1S/C18H9F5O3S/c19-13-14(20)16(22)18(17(23)15(13)21)27(25,26)10-4-8-12-6-2-1-5-11(12)7-3-9-24/h1-2,5-6,24H,9-10H2. The molecule has 0 saturated heterocycles. The lowest BCUT2D eigenvalue weighted by molar-refractivity contribution is 0.350. The normalized spacial score (nSPS) is 10.6. The molecule has 2 rings (SSSR count). The molecule has 0 fully saturated rings. The van der Waals surface area contributed by atoms with Crippen LogP contribution in [-0.2, 0) is 9.84 Å². The van der Waals surface area contributed by atoms with Gasteiger partial charge < -0.3 is 5.11 Å². The summed E-state index contributed by atoms with van der Waals surface area (Å²) in [4.78, 5) is -1.93. The molecule has 0 heterocycles. The van der Waals surface area contributed by atoms with Crippen LogP contribution >= 0.6 is 0 Å². The molecule has 140 valence electrons. The Balaban J connectivity index is 2.44. The van der Waals surface area contributed by atoms with Gasteiger partial charge in [-0.25, -0.2) is 30.4 Å². The summed E-state index contributed by atoms with van der Waals surface area (Å²) < 4.78 is 90.8. The first-order valence-electron chi connectivity index (χ1n) is 7.12. The van der Waals surface area contributed by atoms with Crippen molar-refractivity contribution < 1.29 is 35.5 Å². The summed E-state index contributed by atoms with van der Waals surface area (Å²) in [6.07, 6.45) is 0. The maximum atomic E-state index is 13.7. The minimum Gasteiger partial charge on any atom is -0.384 e. The van der Waals surface area contributed by atoms with Crippen LogP contribution in [0.4, 0.5) is 22.0 Å². The molecule has 0 saturated carbocycles. The molecule has 0 unspecified atom stereocenters. The van der Waals surface area contributed by atoms with E-state index in [-0.39, 0.29) is 5.56 Å². The monoisotopic (exact) mass is 400 g/mol. The van der Waals surface area contributed by atoms with Crippen LogP contribution < -0.4 is 0 Å². The van der Waals surface area contributed by atoms with Crippen molar-refractivity contribution in [1.82, 2.24) is 0 Å². The van der Waals surface area contributed by atoms with Gasteiger partial charge >= 0.3 is 0 Å². The number of hydrogen-bond donors (Lipinski definition) is 1. The van der Waals surface area contributed by atoms with E-state index in [0.717, 1.165) is 0 Å². The van der Waals surface area contributed by atoms with Crippen molar-refractivity contribution in [3.63, 3.8) is 0 Å². The van der Waals surface area contributed by atoms with Gasteiger partial charge in [-0.1, -0.05) is 35.8 Å². The fourth-order valence-corrected chi connectivity index (χ4v) is 3.12. The van der Waals surface area contributed by atoms with Gasteiger partial charge in [0.2, 0.25) is 5.82 Å². The average molecular weight is 400 g/mol. The van der Waals surface area contributed by atoms with Crippen molar-refractivity contribution >= 4 is 9.84 Å². The van der Waals surface area contributed by atoms with E-state index in [1.165, 1.54) is 12.1 Å². The Bertz CT molecular complexity index is 1090. The van der Waals surface area contributed by atoms with Crippen LogP contribution in [-0.4, -0.2) is 25.9 Å². The molecule has 9 heteroatoms. The highest BCUT2D eigenvalue weighted by Crippen LogP contribution is 2.27. The number of halogens is 5. The van der Waals surface area contributed by atoms with E-state index >= 15 is 0 Å². The molecular formula is C18H9F5O3S. The zero-order valence-corrected chi connectivity index (χ0v) is 14.1. The lowest BCUT2D eigenvalue weighted by Crippen LogP contribution is -2.15. The molecule has 0 aliphatic heterocycles.